The highest BCUT2D eigenvalue weighted by Gasteiger charge is 2.21. The molecule has 6 nitrogen and oxygen atoms in total. The number of carbonyl (C=O) groups excluding carboxylic acids is 1. The van der Waals surface area contributed by atoms with Crippen molar-refractivity contribution in [1.82, 2.24) is 10.2 Å². The molecule has 0 bridgehead atoms. The monoisotopic (exact) mass is 467 g/mol. The van der Waals surface area contributed by atoms with Gasteiger partial charge in [-0.15, -0.1) is 0 Å². The number of hydrogen-bond donors (Lipinski definition) is 2. The molecule has 0 atom stereocenters. The van der Waals surface area contributed by atoms with Crippen molar-refractivity contribution in [2.24, 2.45) is 5.92 Å². The molecule has 1 saturated heterocycles. The van der Waals surface area contributed by atoms with E-state index >= 15 is 0 Å². The smallest absolute Gasteiger partial charge is 0.263 e. The number of anilines is 1. The van der Waals surface area contributed by atoms with E-state index in [9.17, 15) is 17.6 Å². The fourth-order valence-corrected chi connectivity index (χ4v) is 5.06. The maximum Gasteiger partial charge on any atom is 0.263 e. The van der Waals surface area contributed by atoms with Crippen LogP contribution in [0.25, 0.3) is 0 Å². The molecule has 1 fully saturated rings. The van der Waals surface area contributed by atoms with Gasteiger partial charge in [-0.25, -0.2) is 12.8 Å². The highest BCUT2D eigenvalue weighted by atomic mass is 35.5. The van der Waals surface area contributed by atoms with Gasteiger partial charge in [0.1, 0.15) is 10.7 Å². The molecular formula is C22H27ClFN3O3S. The maximum atomic E-state index is 13.1. The highest BCUT2D eigenvalue weighted by Crippen LogP contribution is 2.25. The minimum absolute atomic E-state index is 0.00881. The molecular weight excluding hydrogens is 441 g/mol. The average molecular weight is 468 g/mol. The van der Waals surface area contributed by atoms with E-state index in [1.54, 1.807) is 0 Å². The summed E-state index contributed by atoms with van der Waals surface area (Å²) in [6, 6.07) is 9.02. The van der Waals surface area contributed by atoms with Crippen LogP contribution in [0.3, 0.4) is 0 Å². The summed E-state index contributed by atoms with van der Waals surface area (Å²) in [6.07, 6.45) is 3.24. The van der Waals surface area contributed by atoms with E-state index in [2.05, 4.69) is 21.9 Å². The van der Waals surface area contributed by atoms with E-state index in [1.165, 1.54) is 43.2 Å². The summed E-state index contributed by atoms with van der Waals surface area (Å²) in [6.45, 7) is 5.88. The first-order valence-electron chi connectivity index (χ1n) is 10.3. The predicted octanol–water partition coefficient (Wildman–Crippen LogP) is 4.13. The second-order valence-corrected chi connectivity index (χ2v) is 9.95. The third kappa shape index (κ3) is 6.66. The van der Waals surface area contributed by atoms with Crippen LogP contribution < -0.4 is 10.0 Å². The first-order valence-corrected chi connectivity index (χ1v) is 12.2. The fourth-order valence-electron chi connectivity index (χ4n) is 3.47. The molecule has 1 amide bonds. The summed E-state index contributed by atoms with van der Waals surface area (Å²) in [5.41, 5.74) is 0.398. The van der Waals surface area contributed by atoms with Crippen molar-refractivity contribution in [2.45, 2.75) is 31.1 Å². The Labute approximate surface area is 187 Å². The molecule has 2 N–H and O–H groups in total. The normalized spacial score (nSPS) is 15.6. The SMILES string of the molecule is CC1CCN(CCCNC(=O)c2ccc(Cl)c(S(=O)(=O)Nc3ccc(F)cc3)c2)CC1. The van der Waals surface area contributed by atoms with Crippen LogP contribution in [0.1, 0.15) is 36.5 Å². The van der Waals surface area contributed by atoms with Crippen LogP contribution >= 0.6 is 11.6 Å². The third-order valence-electron chi connectivity index (χ3n) is 5.39. The van der Waals surface area contributed by atoms with Gasteiger partial charge < -0.3 is 10.2 Å². The molecule has 0 radical (unpaired) electrons. The molecule has 31 heavy (non-hydrogen) atoms. The van der Waals surface area contributed by atoms with Crippen molar-refractivity contribution in [1.29, 1.82) is 0 Å². The van der Waals surface area contributed by atoms with Gasteiger partial charge in [0, 0.05) is 17.8 Å². The van der Waals surface area contributed by atoms with E-state index < -0.39 is 15.8 Å². The van der Waals surface area contributed by atoms with Crippen LogP contribution in [0.4, 0.5) is 10.1 Å². The molecule has 2 aromatic carbocycles. The number of rotatable bonds is 8. The Morgan fingerprint density at radius 1 is 1.16 bits per heavy atom. The van der Waals surface area contributed by atoms with Crippen LogP contribution in [0.5, 0.6) is 0 Å². The average Bonchev–Trinajstić information content (AvgIpc) is 2.74. The second-order valence-electron chi connectivity index (χ2n) is 7.89. The van der Waals surface area contributed by atoms with Crippen LogP contribution in [0, 0.1) is 11.7 Å². The summed E-state index contributed by atoms with van der Waals surface area (Å²) < 4.78 is 40.8. The summed E-state index contributed by atoms with van der Waals surface area (Å²) >= 11 is 6.08. The van der Waals surface area contributed by atoms with Crippen LogP contribution in [-0.4, -0.2) is 45.4 Å². The van der Waals surface area contributed by atoms with Crippen LogP contribution in [-0.2, 0) is 10.0 Å². The van der Waals surface area contributed by atoms with Gasteiger partial charge in [0.2, 0.25) is 0 Å². The number of hydrogen-bond acceptors (Lipinski definition) is 4. The minimum atomic E-state index is -4.05. The van der Waals surface area contributed by atoms with E-state index in [0.29, 0.717) is 6.54 Å². The topological polar surface area (TPSA) is 78.5 Å². The summed E-state index contributed by atoms with van der Waals surface area (Å²) in [5.74, 6) is -0.0551. The Hall–Kier alpha value is -2.16. The summed E-state index contributed by atoms with van der Waals surface area (Å²) in [7, 11) is -4.05. The van der Waals surface area contributed by atoms with Gasteiger partial charge in [0.25, 0.3) is 15.9 Å². The maximum absolute atomic E-state index is 13.1. The van der Waals surface area contributed by atoms with Crippen LogP contribution in [0.2, 0.25) is 5.02 Å². The zero-order valence-electron chi connectivity index (χ0n) is 17.4. The van der Waals surface area contributed by atoms with Crippen molar-refractivity contribution in [3.8, 4) is 0 Å². The quantitative estimate of drug-likeness (QED) is 0.572. The molecule has 3 rings (SSSR count). The lowest BCUT2D eigenvalue weighted by molar-refractivity contribution is 0.0950. The number of piperidine rings is 1. The molecule has 0 saturated carbocycles. The van der Waals surface area contributed by atoms with Gasteiger partial charge >= 0.3 is 0 Å². The van der Waals surface area contributed by atoms with E-state index in [0.717, 1.165) is 44.1 Å². The first-order chi connectivity index (χ1) is 14.7. The van der Waals surface area contributed by atoms with Gasteiger partial charge in [-0.1, -0.05) is 18.5 Å². The number of sulfonamides is 1. The Morgan fingerprint density at radius 2 is 1.84 bits per heavy atom. The number of halogens is 2. The minimum Gasteiger partial charge on any atom is -0.352 e. The first kappa shape index (κ1) is 23.5. The number of nitrogens with one attached hydrogen (secondary N) is 2. The van der Waals surface area contributed by atoms with Gasteiger partial charge in [-0.3, -0.25) is 9.52 Å². The van der Waals surface area contributed by atoms with E-state index in [1.807, 2.05) is 0 Å². The van der Waals surface area contributed by atoms with Gasteiger partial charge in [0.15, 0.2) is 0 Å². The molecule has 1 aliphatic rings. The summed E-state index contributed by atoms with van der Waals surface area (Å²) in [4.78, 5) is 14.7. The summed E-state index contributed by atoms with van der Waals surface area (Å²) in [5, 5.41) is 2.83. The van der Waals surface area contributed by atoms with Crippen molar-refractivity contribution < 1.29 is 17.6 Å². The molecule has 1 heterocycles. The van der Waals surface area contributed by atoms with Gasteiger partial charge in [-0.2, -0.15) is 0 Å². The van der Waals surface area contributed by atoms with Gasteiger partial charge in [-0.05, 0) is 87.3 Å². The largest absolute Gasteiger partial charge is 0.352 e. The number of amides is 1. The van der Waals surface area contributed by atoms with E-state index in [4.69, 9.17) is 11.6 Å². The second kappa shape index (κ2) is 10.4. The number of benzene rings is 2. The number of carbonyl (C=O) groups is 1. The number of likely N-dealkylation sites (tertiary alicyclic amines) is 1. The molecule has 168 valence electrons. The standard InChI is InChI=1S/C22H27ClFN3O3S/c1-16-9-13-27(14-10-16)12-2-11-25-22(28)17-3-8-20(23)21(15-17)31(29,30)26-19-6-4-18(24)5-7-19/h3-8,15-16,26H,2,9-14H2,1H3,(H,25,28). The Bertz CT molecular complexity index is 1010. The van der Waals surface area contributed by atoms with Crippen LogP contribution in [0.15, 0.2) is 47.4 Å². The predicted molar refractivity (Wildman–Crippen MR) is 120 cm³/mol. The molecule has 0 aromatic heterocycles. The highest BCUT2D eigenvalue weighted by molar-refractivity contribution is 7.92. The third-order valence-corrected chi connectivity index (χ3v) is 7.26. The van der Waals surface area contributed by atoms with Crippen molar-refractivity contribution in [3.05, 3.63) is 58.9 Å². The number of nitrogens with zero attached hydrogens (tertiary/aromatic N) is 1. The van der Waals surface area contributed by atoms with Crippen molar-refractivity contribution in [3.63, 3.8) is 0 Å². The Morgan fingerprint density at radius 3 is 2.52 bits per heavy atom. The van der Waals surface area contributed by atoms with Crippen molar-refractivity contribution in [2.75, 3.05) is 30.9 Å². The van der Waals surface area contributed by atoms with Crippen molar-refractivity contribution >= 4 is 33.2 Å². The fraction of sp³-hybridized carbons (Fsp3) is 0.409. The Balaban J connectivity index is 1.59. The molecule has 9 heteroatoms. The zero-order chi connectivity index (χ0) is 22.4. The zero-order valence-corrected chi connectivity index (χ0v) is 19.0. The lowest BCUT2D eigenvalue weighted by atomic mass is 9.99. The molecule has 0 spiro atoms. The molecule has 1 aliphatic heterocycles. The lowest BCUT2D eigenvalue weighted by Gasteiger charge is -2.30. The molecule has 0 aliphatic carbocycles. The lowest BCUT2D eigenvalue weighted by Crippen LogP contribution is -2.35. The molecule has 0 unspecified atom stereocenters. The van der Waals surface area contributed by atoms with E-state index in [-0.39, 0.29) is 27.1 Å². The Kier molecular flexibility index (Phi) is 7.91. The van der Waals surface area contributed by atoms with Gasteiger partial charge in [0.05, 0.1) is 5.02 Å². The molecule has 2 aromatic rings.